The van der Waals surface area contributed by atoms with Crippen molar-refractivity contribution in [1.29, 1.82) is 0 Å². The Hall–Kier alpha value is -4.53. The monoisotopic (exact) mass is 478 g/mol. The highest BCUT2D eigenvalue weighted by atomic mass is 19.1. The molecule has 0 aliphatic heterocycles. The van der Waals surface area contributed by atoms with Gasteiger partial charge in [0, 0.05) is 11.6 Å². The van der Waals surface area contributed by atoms with Crippen LogP contribution in [0.2, 0.25) is 0 Å². The van der Waals surface area contributed by atoms with E-state index in [1.54, 1.807) is 30.3 Å². The molecule has 9 heteroatoms. The van der Waals surface area contributed by atoms with Gasteiger partial charge in [0.15, 0.2) is 5.69 Å². The van der Waals surface area contributed by atoms with Gasteiger partial charge in [-0.25, -0.2) is 23.1 Å². The molecule has 0 aliphatic carbocycles. The van der Waals surface area contributed by atoms with Crippen molar-refractivity contribution in [3.05, 3.63) is 101 Å². The lowest BCUT2D eigenvalue weighted by atomic mass is 10.0. The Balaban J connectivity index is 1.89. The smallest absolute Gasteiger partial charge is 0.357 e. The molecule has 0 bridgehead atoms. The van der Waals surface area contributed by atoms with E-state index in [9.17, 15) is 18.4 Å². The number of benzene rings is 3. The van der Waals surface area contributed by atoms with E-state index in [4.69, 9.17) is 14.2 Å². The van der Waals surface area contributed by atoms with Crippen LogP contribution in [-0.4, -0.2) is 35.9 Å². The van der Waals surface area contributed by atoms with Gasteiger partial charge in [-0.1, -0.05) is 30.3 Å². The van der Waals surface area contributed by atoms with Gasteiger partial charge in [-0.05, 0) is 42.0 Å². The molecule has 0 aliphatic rings. The Kier molecular flexibility index (Phi) is 6.86. The number of rotatable bonds is 7. The maximum absolute atomic E-state index is 14.2. The third-order valence-corrected chi connectivity index (χ3v) is 5.16. The summed E-state index contributed by atoms with van der Waals surface area (Å²) in [7, 11) is 2.35. The molecule has 4 rings (SSSR count). The highest BCUT2D eigenvalue weighted by Gasteiger charge is 2.32. The predicted molar refractivity (Wildman–Crippen MR) is 122 cm³/mol. The van der Waals surface area contributed by atoms with Gasteiger partial charge >= 0.3 is 11.9 Å². The molecule has 0 N–H and O–H groups in total. The standard InChI is InChI=1S/C26H20F2N2O5/c1-33-25(31)22-23(29-30(24(22)26(32)34-2)19-6-4-3-5-7-19)20-13-12-18(28)14-21(20)35-15-16-8-10-17(27)11-9-16/h3-14H,15H2,1-2H3. The van der Waals surface area contributed by atoms with Crippen LogP contribution in [0.15, 0.2) is 72.8 Å². The van der Waals surface area contributed by atoms with E-state index in [0.717, 1.165) is 6.07 Å². The van der Waals surface area contributed by atoms with Crippen molar-refractivity contribution in [2.75, 3.05) is 14.2 Å². The average Bonchev–Trinajstić information content (AvgIpc) is 3.28. The minimum atomic E-state index is -0.837. The molecular weight excluding hydrogens is 458 g/mol. The van der Waals surface area contributed by atoms with Crippen molar-refractivity contribution in [2.24, 2.45) is 0 Å². The van der Waals surface area contributed by atoms with E-state index in [2.05, 4.69) is 5.10 Å². The lowest BCUT2D eigenvalue weighted by Gasteiger charge is -2.12. The van der Waals surface area contributed by atoms with Crippen molar-refractivity contribution in [3.63, 3.8) is 0 Å². The molecular formula is C26H20F2N2O5. The number of hydrogen-bond acceptors (Lipinski definition) is 6. The summed E-state index contributed by atoms with van der Waals surface area (Å²) in [6, 6.07) is 18.0. The second-order valence-corrected chi connectivity index (χ2v) is 7.36. The third-order valence-electron chi connectivity index (χ3n) is 5.16. The molecule has 3 aromatic carbocycles. The highest BCUT2D eigenvalue weighted by molar-refractivity contribution is 6.07. The van der Waals surface area contributed by atoms with Crippen molar-refractivity contribution < 1.29 is 32.6 Å². The molecule has 7 nitrogen and oxygen atoms in total. The van der Waals surface area contributed by atoms with Crippen molar-refractivity contribution in [2.45, 2.75) is 6.61 Å². The number of esters is 2. The molecule has 0 saturated heterocycles. The van der Waals surface area contributed by atoms with Crippen molar-refractivity contribution in [1.82, 2.24) is 9.78 Å². The minimum absolute atomic E-state index is 0.00641. The molecule has 0 atom stereocenters. The van der Waals surface area contributed by atoms with E-state index in [1.807, 2.05) is 0 Å². The van der Waals surface area contributed by atoms with Gasteiger partial charge in [-0.2, -0.15) is 5.10 Å². The summed E-state index contributed by atoms with van der Waals surface area (Å²) in [5.74, 6) is -2.57. The largest absolute Gasteiger partial charge is 0.488 e. The molecule has 4 aromatic rings. The molecule has 0 spiro atoms. The maximum atomic E-state index is 14.2. The Bertz CT molecular complexity index is 1370. The lowest BCUT2D eigenvalue weighted by molar-refractivity contribution is 0.0549. The van der Waals surface area contributed by atoms with Crippen LogP contribution in [0.1, 0.15) is 26.4 Å². The Labute approximate surface area is 199 Å². The van der Waals surface area contributed by atoms with Crippen molar-refractivity contribution >= 4 is 11.9 Å². The van der Waals surface area contributed by atoms with Crippen LogP contribution in [0.5, 0.6) is 5.75 Å². The molecule has 0 saturated carbocycles. The molecule has 0 unspecified atom stereocenters. The molecule has 1 heterocycles. The van der Waals surface area contributed by atoms with E-state index in [1.165, 1.54) is 55.3 Å². The quantitative estimate of drug-likeness (QED) is 0.349. The van der Waals surface area contributed by atoms with Crippen LogP contribution < -0.4 is 4.74 Å². The topological polar surface area (TPSA) is 79.7 Å². The lowest BCUT2D eigenvalue weighted by Crippen LogP contribution is -2.15. The molecule has 0 fully saturated rings. The summed E-state index contributed by atoms with van der Waals surface area (Å²) >= 11 is 0. The molecule has 35 heavy (non-hydrogen) atoms. The summed E-state index contributed by atoms with van der Waals surface area (Å²) in [6.45, 7) is -0.00641. The normalized spacial score (nSPS) is 10.6. The van der Waals surface area contributed by atoms with Gasteiger partial charge in [0.2, 0.25) is 0 Å². The van der Waals surface area contributed by atoms with Crippen LogP contribution >= 0.6 is 0 Å². The Morgan fingerprint density at radius 3 is 2.17 bits per heavy atom. The third kappa shape index (κ3) is 4.89. The summed E-state index contributed by atoms with van der Waals surface area (Å²) in [4.78, 5) is 25.6. The number of ether oxygens (including phenoxy) is 3. The summed E-state index contributed by atoms with van der Waals surface area (Å²) in [6.07, 6.45) is 0. The van der Waals surface area contributed by atoms with E-state index < -0.39 is 23.6 Å². The molecule has 0 radical (unpaired) electrons. The fourth-order valence-corrected chi connectivity index (χ4v) is 3.50. The zero-order valence-electron chi connectivity index (χ0n) is 18.8. The number of para-hydroxylation sites is 1. The first-order chi connectivity index (χ1) is 16.9. The second kappa shape index (κ2) is 10.2. The predicted octanol–water partition coefficient (Wildman–Crippen LogP) is 4.97. The van der Waals surface area contributed by atoms with Crippen LogP contribution in [0.3, 0.4) is 0 Å². The summed E-state index contributed by atoms with van der Waals surface area (Å²) in [5, 5.41) is 4.51. The number of carbonyl (C=O) groups excluding carboxylic acids is 2. The second-order valence-electron chi connectivity index (χ2n) is 7.36. The Morgan fingerprint density at radius 2 is 1.51 bits per heavy atom. The van der Waals surface area contributed by atoms with Crippen LogP contribution in [0.4, 0.5) is 8.78 Å². The van der Waals surface area contributed by atoms with E-state index >= 15 is 0 Å². The number of methoxy groups -OCH3 is 2. The first-order valence-corrected chi connectivity index (χ1v) is 10.4. The number of aromatic nitrogens is 2. The first-order valence-electron chi connectivity index (χ1n) is 10.4. The minimum Gasteiger partial charge on any atom is -0.488 e. The maximum Gasteiger partial charge on any atom is 0.357 e. The number of carbonyl (C=O) groups is 2. The van der Waals surface area contributed by atoms with Gasteiger partial charge in [0.1, 0.15) is 35.2 Å². The van der Waals surface area contributed by atoms with Gasteiger partial charge in [-0.3, -0.25) is 0 Å². The average molecular weight is 478 g/mol. The fourth-order valence-electron chi connectivity index (χ4n) is 3.50. The van der Waals surface area contributed by atoms with Gasteiger partial charge in [0.05, 0.1) is 19.9 Å². The van der Waals surface area contributed by atoms with Crippen LogP contribution in [0.25, 0.3) is 16.9 Å². The fraction of sp³-hybridized carbons (Fsp3) is 0.115. The van der Waals surface area contributed by atoms with Crippen LogP contribution in [0, 0.1) is 11.6 Å². The molecule has 0 amide bonds. The van der Waals surface area contributed by atoms with E-state index in [-0.39, 0.29) is 34.9 Å². The van der Waals surface area contributed by atoms with Crippen molar-refractivity contribution in [3.8, 4) is 22.7 Å². The summed E-state index contributed by atoms with van der Waals surface area (Å²) < 4.78 is 44.4. The number of nitrogens with zero attached hydrogens (tertiary/aromatic N) is 2. The highest BCUT2D eigenvalue weighted by Crippen LogP contribution is 2.36. The van der Waals surface area contributed by atoms with Gasteiger partial charge < -0.3 is 14.2 Å². The number of hydrogen-bond donors (Lipinski definition) is 0. The first kappa shape index (κ1) is 23.6. The van der Waals surface area contributed by atoms with Gasteiger partial charge in [0.25, 0.3) is 0 Å². The zero-order valence-corrected chi connectivity index (χ0v) is 18.8. The summed E-state index contributed by atoms with van der Waals surface area (Å²) in [5.41, 5.74) is 1.08. The number of halogens is 2. The van der Waals surface area contributed by atoms with Crippen LogP contribution in [-0.2, 0) is 16.1 Å². The SMILES string of the molecule is COC(=O)c1c(-c2ccc(F)cc2OCc2ccc(F)cc2)nn(-c2ccccc2)c1C(=O)OC. The molecule has 1 aromatic heterocycles. The zero-order chi connectivity index (χ0) is 24.9. The van der Waals surface area contributed by atoms with Gasteiger partial charge in [-0.15, -0.1) is 0 Å². The van der Waals surface area contributed by atoms with E-state index in [0.29, 0.717) is 11.3 Å². The Morgan fingerprint density at radius 1 is 0.857 bits per heavy atom. The molecule has 178 valence electrons.